The van der Waals surface area contributed by atoms with Crippen LogP contribution in [0.15, 0.2) is 54.6 Å². The van der Waals surface area contributed by atoms with Gasteiger partial charge in [-0.05, 0) is 23.1 Å². The molecule has 3 atom stereocenters. The van der Waals surface area contributed by atoms with Crippen molar-refractivity contribution in [2.45, 2.75) is 31.2 Å². The number of benzene rings is 2. The van der Waals surface area contributed by atoms with Gasteiger partial charge in [-0.3, -0.25) is 4.79 Å². The van der Waals surface area contributed by atoms with E-state index >= 15 is 0 Å². The first-order chi connectivity index (χ1) is 12.1. The molecule has 0 spiro atoms. The predicted molar refractivity (Wildman–Crippen MR) is 107 cm³/mol. The van der Waals surface area contributed by atoms with E-state index in [4.69, 9.17) is 10.5 Å². The van der Waals surface area contributed by atoms with Crippen LogP contribution in [0.3, 0.4) is 0 Å². The number of nitrogens with zero attached hydrogens (tertiary/aromatic N) is 1. The zero-order valence-electron chi connectivity index (χ0n) is 15.3. The molecular weight excluding hydrogens is 348 g/mol. The van der Waals surface area contributed by atoms with Gasteiger partial charge in [0.1, 0.15) is 5.75 Å². The standard InChI is InChI=1S/C21H26N2O2.ClH/c1-15(17-10-6-7-11-20(17)25-2)12-21(24)23-13-18(19(22)14-23)16-8-4-3-5-9-16;/h3-11,15,18-19H,12-14,22H2,1-2H3;1H/t15?,18-,19+;/m0./s1. The van der Waals surface area contributed by atoms with E-state index in [1.807, 2.05) is 47.4 Å². The molecule has 1 unspecified atom stereocenters. The van der Waals surface area contributed by atoms with Crippen molar-refractivity contribution in [1.29, 1.82) is 0 Å². The fourth-order valence-corrected chi connectivity index (χ4v) is 3.66. The van der Waals surface area contributed by atoms with Crippen molar-refractivity contribution < 1.29 is 9.53 Å². The summed E-state index contributed by atoms with van der Waals surface area (Å²) in [5.41, 5.74) is 8.59. The van der Waals surface area contributed by atoms with Crippen LogP contribution in [0.4, 0.5) is 0 Å². The molecule has 26 heavy (non-hydrogen) atoms. The maximum atomic E-state index is 12.8. The van der Waals surface area contributed by atoms with Gasteiger partial charge in [0.05, 0.1) is 7.11 Å². The summed E-state index contributed by atoms with van der Waals surface area (Å²) in [7, 11) is 1.66. The molecule has 1 fully saturated rings. The second-order valence-corrected chi connectivity index (χ2v) is 6.83. The van der Waals surface area contributed by atoms with Crippen molar-refractivity contribution in [2.24, 2.45) is 5.73 Å². The number of nitrogens with two attached hydrogens (primary N) is 1. The summed E-state index contributed by atoms with van der Waals surface area (Å²) >= 11 is 0. The van der Waals surface area contributed by atoms with Crippen molar-refractivity contribution in [3.63, 3.8) is 0 Å². The van der Waals surface area contributed by atoms with E-state index in [0.29, 0.717) is 19.5 Å². The summed E-state index contributed by atoms with van der Waals surface area (Å²) in [5, 5.41) is 0. The maximum Gasteiger partial charge on any atom is 0.223 e. The molecule has 1 saturated heterocycles. The number of carbonyl (C=O) groups excluding carboxylic acids is 1. The van der Waals surface area contributed by atoms with Gasteiger partial charge in [-0.15, -0.1) is 12.4 Å². The largest absolute Gasteiger partial charge is 0.496 e. The topological polar surface area (TPSA) is 55.6 Å². The molecule has 1 heterocycles. The van der Waals surface area contributed by atoms with Crippen LogP contribution in [0.1, 0.15) is 36.3 Å². The quantitative estimate of drug-likeness (QED) is 0.870. The highest BCUT2D eigenvalue weighted by Gasteiger charge is 2.34. The Kier molecular flexibility index (Phi) is 7.06. The van der Waals surface area contributed by atoms with Crippen LogP contribution in [0.2, 0.25) is 0 Å². The lowest BCUT2D eigenvalue weighted by molar-refractivity contribution is -0.130. The van der Waals surface area contributed by atoms with Crippen LogP contribution < -0.4 is 10.5 Å². The molecule has 4 nitrogen and oxygen atoms in total. The Hall–Kier alpha value is -2.04. The summed E-state index contributed by atoms with van der Waals surface area (Å²) in [5.74, 6) is 1.32. The highest BCUT2D eigenvalue weighted by molar-refractivity contribution is 5.85. The van der Waals surface area contributed by atoms with Gasteiger partial charge < -0.3 is 15.4 Å². The first-order valence-electron chi connectivity index (χ1n) is 8.81. The third kappa shape index (κ3) is 4.37. The zero-order chi connectivity index (χ0) is 17.8. The third-order valence-corrected chi connectivity index (χ3v) is 5.10. The average molecular weight is 375 g/mol. The SMILES string of the molecule is COc1ccccc1C(C)CC(=O)N1C[C@@H](N)[C@H](c2ccccc2)C1.Cl. The van der Waals surface area contributed by atoms with Gasteiger partial charge in [0.25, 0.3) is 0 Å². The average Bonchev–Trinajstić information content (AvgIpc) is 3.04. The van der Waals surface area contributed by atoms with Gasteiger partial charge in [-0.25, -0.2) is 0 Å². The number of hydrogen-bond donors (Lipinski definition) is 1. The number of carbonyl (C=O) groups is 1. The third-order valence-electron chi connectivity index (χ3n) is 5.10. The lowest BCUT2D eigenvalue weighted by Crippen LogP contribution is -2.32. The fourth-order valence-electron chi connectivity index (χ4n) is 3.66. The lowest BCUT2D eigenvalue weighted by atomic mass is 9.95. The van der Waals surface area contributed by atoms with E-state index < -0.39 is 0 Å². The van der Waals surface area contributed by atoms with E-state index in [9.17, 15) is 4.79 Å². The first-order valence-corrected chi connectivity index (χ1v) is 8.81. The Bertz CT molecular complexity index is 723. The monoisotopic (exact) mass is 374 g/mol. The second-order valence-electron chi connectivity index (χ2n) is 6.83. The number of amides is 1. The molecule has 140 valence electrons. The number of halogens is 1. The summed E-state index contributed by atoms with van der Waals surface area (Å²) in [6.45, 7) is 3.39. The molecule has 0 aromatic heterocycles. The predicted octanol–water partition coefficient (Wildman–Crippen LogP) is 3.56. The normalized spacial score (nSPS) is 20.3. The van der Waals surface area contributed by atoms with Gasteiger partial charge in [-0.1, -0.05) is 55.5 Å². The van der Waals surface area contributed by atoms with Gasteiger partial charge in [-0.2, -0.15) is 0 Å². The van der Waals surface area contributed by atoms with Crippen LogP contribution >= 0.6 is 12.4 Å². The molecule has 1 aliphatic heterocycles. The van der Waals surface area contributed by atoms with Crippen molar-refractivity contribution in [1.82, 2.24) is 4.90 Å². The number of rotatable bonds is 5. The molecule has 0 radical (unpaired) electrons. The molecule has 2 aromatic carbocycles. The van der Waals surface area contributed by atoms with Crippen LogP contribution in [0.25, 0.3) is 0 Å². The Morgan fingerprint density at radius 3 is 2.50 bits per heavy atom. The summed E-state index contributed by atoms with van der Waals surface area (Å²) in [6, 6.07) is 18.1. The van der Waals surface area contributed by atoms with E-state index in [-0.39, 0.29) is 36.2 Å². The molecule has 0 aliphatic carbocycles. The Labute approximate surface area is 161 Å². The minimum Gasteiger partial charge on any atom is -0.496 e. The van der Waals surface area contributed by atoms with Crippen LogP contribution in [0.5, 0.6) is 5.75 Å². The Morgan fingerprint density at radius 1 is 1.15 bits per heavy atom. The number of likely N-dealkylation sites (tertiary alicyclic amines) is 1. The molecular formula is C21H27ClN2O2. The van der Waals surface area contributed by atoms with Crippen molar-refractivity contribution in [3.8, 4) is 5.75 Å². The van der Waals surface area contributed by atoms with Crippen LogP contribution in [0, 0.1) is 0 Å². The summed E-state index contributed by atoms with van der Waals surface area (Å²) in [4.78, 5) is 14.7. The van der Waals surface area contributed by atoms with E-state index in [1.54, 1.807) is 7.11 Å². The van der Waals surface area contributed by atoms with E-state index in [2.05, 4.69) is 19.1 Å². The number of ether oxygens (including phenoxy) is 1. The first kappa shape index (κ1) is 20.3. The highest BCUT2D eigenvalue weighted by Crippen LogP contribution is 2.31. The Morgan fingerprint density at radius 2 is 1.81 bits per heavy atom. The smallest absolute Gasteiger partial charge is 0.223 e. The molecule has 2 aromatic rings. The summed E-state index contributed by atoms with van der Waals surface area (Å²) < 4.78 is 5.42. The molecule has 3 rings (SSSR count). The highest BCUT2D eigenvalue weighted by atomic mass is 35.5. The minimum absolute atomic E-state index is 0. The lowest BCUT2D eigenvalue weighted by Gasteiger charge is -2.20. The summed E-state index contributed by atoms with van der Waals surface area (Å²) in [6.07, 6.45) is 0.467. The molecule has 2 N–H and O–H groups in total. The molecule has 1 aliphatic rings. The van der Waals surface area contributed by atoms with Gasteiger partial charge in [0.2, 0.25) is 5.91 Å². The molecule has 0 saturated carbocycles. The fraction of sp³-hybridized carbons (Fsp3) is 0.381. The number of methoxy groups -OCH3 is 1. The van der Waals surface area contributed by atoms with Crippen LogP contribution in [-0.2, 0) is 4.79 Å². The van der Waals surface area contributed by atoms with Gasteiger partial charge in [0.15, 0.2) is 0 Å². The number of para-hydroxylation sites is 1. The van der Waals surface area contributed by atoms with Crippen molar-refractivity contribution >= 4 is 18.3 Å². The molecule has 5 heteroatoms. The van der Waals surface area contributed by atoms with Gasteiger partial charge >= 0.3 is 0 Å². The van der Waals surface area contributed by atoms with Crippen LogP contribution in [-0.4, -0.2) is 37.0 Å². The second kappa shape index (κ2) is 9.06. The minimum atomic E-state index is -0.00656. The van der Waals surface area contributed by atoms with Gasteiger partial charge in [0, 0.05) is 31.5 Å². The van der Waals surface area contributed by atoms with Crippen molar-refractivity contribution in [2.75, 3.05) is 20.2 Å². The van der Waals surface area contributed by atoms with E-state index in [0.717, 1.165) is 11.3 Å². The zero-order valence-corrected chi connectivity index (χ0v) is 16.1. The van der Waals surface area contributed by atoms with Crippen molar-refractivity contribution in [3.05, 3.63) is 65.7 Å². The maximum absolute atomic E-state index is 12.8. The molecule has 0 bridgehead atoms. The Balaban J connectivity index is 0.00000243. The molecule has 1 amide bonds. The van der Waals surface area contributed by atoms with E-state index in [1.165, 1.54) is 5.56 Å². The number of hydrogen-bond acceptors (Lipinski definition) is 3.